The normalized spacial score (nSPS) is 10.7. The summed E-state index contributed by atoms with van der Waals surface area (Å²) >= 11 is 3.07. The van der Waals surface area contributed by atoms with Gasteiger partial charge in [-0.05, 0) is 15.9 Å². The summed E-state index contributed by atoms with van der Waals surface area (Å²) in [4.78, 5) is 0. The average Bonchev–Trinajstić information content (AvgIpc) is 2.66. The van der Waals surface area contributed by atoms with Crippen LogP contribution in [0.5, 0.6) is 11.5 Å². The van der Waals surface area contributed by atoms with Crippen molar-refractivity contribution in [1.29, 1.82) is 0 Å². The summed E-state index contributed by atoms with van der Waals surface area (Å²) in [5.41, 5.74) is 6.06. The molecule has 0 spiro atoms. The van der Waals surface area contributed by atoms with Gasteiger partial charge in [-0.2, -0.15) is 5.10 Å². The third-order valence-corrected chi connectivity index (χ3v) is 3.21. The third kappa shape index (κ3) is 1.80. The molecule has 0 aliphatic carbocycles. The molecule has 1 aromatic heterocycles. The Morgan fingerprint density at radius 1 is 1.56 bits per heavy atom. The second-order valence-corrected chi connectivity index (χ2v) is 4.52. The Bertz CT molecular complexity index is 613. The number of nitrogens with zero attached hydrogens (tertiary/aromatic N) is 2. The van der Waals surface area contributed by atoms with E-state index < -0.39 is 5.82 Å². The van der Waals surface area contributed by atoms with Crippen molar-refractivity contribution >= 4 is 21.7 Å². The molecule has 0 radical (unpaired) electrons. The van der Waals surface area contributed by atoms with E-state index in [-0.39, 0.29) is 27.4 Å². The predicted molar refractivity (Wildman–Crippen MR) is 68.9 cm³/mol. The van der Waals surface area contributed by atoms with Gasteiger partial charge in [0.05, 0.1) is 28.9 Å². The first kappa shape index (κ1) is 12.7. The summed E-state index contributed by atoms with van der Waals surface area (Å²) in [5.74, 6) is -0.517. The van der Waals surface area contributed by atoms with Crippen molar-refractivity contribution < 1.29 is 14.2 Å². The predicted octanol–water partition coefficient (Wildman–Crippen LogP) is 2.29. The van der Waals surface area contributed by atoms with Crippen LogP contribution in [0.2, 0.25) is 0 Å². The number of phenolic OH excluding ortho intramolecular Hbond substituents is 1. The lowest BCUT2D eigenvalue weighted by molar-refractivity contribution is 0.371. The number of rotatable bonds is 2. The molecule has 5 nitrogen and oxygen atoms in total. The molecule has 2 aromatic rings. The van der Waals surface area contributed by atoms with Crippen molar-refractivity contribution in [2.45, 2.75) is 0 Å². The fraction of sp³-hybridized carbons (Fsp3) is 0.182. The second-order valence-electron chi connectivity index (χ2n) is 3.67. The number of hydrogen-bond acceptors (Lipinski definition) is 4. The van der Waals surface area contributed by atoms with Gasteiger partial charge in [-0.3, -0.25) is 4.68 Å². The lowest BCUT2D eigenvalue weighted by Crippen LogP contribution is -1.99. The largest absolute Gasteiger partial charge is 0.504 e. The maximum absolute atomic E-state index is 14.1. The van der Waals surface area contributed by atoms with E-state index in [0.29, 0.717) is 5.56 Å². The zero-order valence-electron chi connectivity index (χ0n) is 9.74. The number of benzene rings is 1. The summed E-state index contributed by atoms with van der Waals surface area (Å²) in [6, 6.07) is 1.35. The van der Waals surface area contributed by atoms with Crippen LogP contribution in [-0.2, 0) is 7.05 Å². The molecule has 0 bridgehead atoms. The van der Waals surface area contributed by atoms with E-state index in [0.717, 1.165) is 0 Å². The van der Waals surface area contributed by atoms with Crippen molar-refractivity contribution in [1.82, 2.24) is 9.78 Å². The van der Waals surface area contributed by atoms with Crippen molar-refractivity contribution in [3.8, 4) is 22.6 Å². The first-order valence-corrected chi connectivity index (χ1v) is 5.79. The first-order valence-electron chi connectivity index (χ1n) is 5.00. The van der Waals surface area contributed by atoms with E-state index in [2.05, 4.69) is 21.0 Å². The quantitative estimate of drug-likeness (QED) is 0.891. The number of aryl methyl sites for hydroxylation is 1. The number of anilines is 1. The number of phenols is 1. The minimum absolute atomic E-state index is 0.0353. The van der Waals surface area contributed by atoms with E-state index in [1.165, 1.54) is 24.1 Å². The number of methoxy groups -OCH3 is 1. The van der Waals surface area contributed by atoms with Gasteiger partial charge in [0.15, 0.2) is 11.5 Å². The molecule has 96 valence electrons. The van der Waals surface area contributed by atoms with Crippen LogP contribution < -0.4 is 10.5 Å². The van der Waals surface area contributed by atoms with Gasteiger partial charge in [-0.1, -0.05) is 0 Å². The van der Waals surface area contributed by atoms with Gasteiger partial charge in [-0.15, -0.1) is 0 Å². The number of hydrogen-bond donors (Lipinski definition) is 2. The summed E-state index contributed by atoms with van der Waals surface area (Å²) in [5, 5.41) is 13.9. The van der Waals surface area contributed by atoms with Crippen molar-refractivity contribution in [2.24, 2.45) is 7.05 Å². The lowest BCUT2D eigenvalue weighted by atomic mass is 10.1. The molecule has 0 fully saturated rings. The Morgan fingerprint density at radius 3 is 2.72 bits per heavy atom. The highest BCUT2D eigenvalue weighted by Gasteiger charge is 2.22. The van der Waals surface area contributed by atoms with Crippen molar-refractivity contribution in [3.63, 3.8) is 0 Å². The Labute approximate surface area is 111 Å². The van der Waals surface area contributed by atoms with Crippen LogP contribution in [0.4, 0.5) is 10.2 Å². The Morgan fingerprint density at radius 2 is 2.22 bits per heavy atom. The van der Waals surface area contributed by atoms with Gasteiger partial charge in [0.1, 0.15) is 11.6 Å². The molecule has 0 amide bonds. The maximum atomic E-state index is 14.1. The Hall–Kier alpha value is -1.76. The Balaban J connectivity index is 2.78. The number of nitrogens with two attached hydrogens (primary N) is 1. The van der Waals surface area contributed by atoms with Gasteiger partial charge in [0.25, 0.3) is 0 Å². The molecule has 0 unspecified atom stereocenters. The minimum atomic E-state index is -0.618. The Kier molecular flexibility index (Phi) is 3.16. The number of aromatic nitrogens is 2. The van der Waals surface area contributed by atoms with E-state index in [1.807, 2.05) is 0 Å². The van der Waals surface area contributed by atoms with E-state index >= 15 is 0 Å². The van der Waals surface area contributed by atoms with E-state index in [9.17, 15) is 9.50 Å². The second kappa shape index (κ2) is 4.49. The van der Waals surface area contributed by atoms with Gasteiger partial charge in [0, 0.05) is 13.1 Å². The number of nitrogen functional groups attached to an aromatic ring is 1. The SMILES string of the molecule is COc1cc(Br)c(F)c(-c2cnn(C)c2N)c1O. The molecule has 0 saturated heterocycles. The van der Waals surface area contributed by atoms with Gasteiger partial charge < -0.3 is 15.6 Å². The molecule has 2 rings (SSSR count). The molecule has 0 aliphatic heterocycles. The summed E-state index contributed by atoms with van der Waals surface area (Å²) in [6.45, 7) is 0. The van der Waals surface area contributed by atoms with Gasteiger partial charge in [0.2, 0.25) is 0 Å². The molecular formula is C11H11BrFN3O2. The van der Waals surface area contributed by atoms with E-state index in [4.69, 9.17) is 10.5 Å². The molecule has 1 heterocycles. The van der Waals surface area contributed by atoms with E-state index in [1.54, 1.807) is 7.05 Å². The zero-order chi connectivity index (χ0) is 13.4. The van der Waals surface area contributed by atoms with Crippen LogP contribution in [-0.4, -0.2) is 22.0 Å². The zero-order valence-corrected chi connectivity index (χ0v) is 11.3. The van der Waals surface area contributed by atoms with Crippen molar-refractivity contribution in [2.75, 3.05) is 12.8 Å². The average molecular weight is 316 g/mol. The first-order chi connectivity index (χ1) is 8.47. The standard InChI is InChI=1S/C11H11BrFN3O2/c1-16-11(14)5(4-15-16)8-9(13)6(12)3-7(18-2)10(8)17/h3-4,17H,14H2,1-2H3. The summed E-state index contributed by atoms with van der Waals surface area (Å²) in [7, 11) is 3.01. The number of aromatic hydroxyl groups is 1. The molecule has 0 saturated carbocycles. The van der Waals surface area contributed by atoms with Gasteiger partial charge in [-0.25, -0.2) is 4.39 Å². The molecule has 0 atom stereocenters. The molecule has 7 heteroatoms. The third-order valence-electron chi connectivity index (χ3n) is 2.63. The number of halogens is 2. The molecule has 18 heavy (non-hydrogen) atoms. The highest BCUT2D eigenvalue weighted by Crippen LogP contribution is 2.43. The maximum Gasteiger partial charge on any atom is 0.168 e. The molecule has 3 N–H and O–H groups in total. The van der Waals surface area contributed by atoms with Crippen LogP contribution in [0.15, 0.2) is 16.7 Å². The van der Waals surface area contributed by atoms with Crippen LogP contribution in [0.3, 0.4) is 0 Å². The van der Waals surface area contributed by atoms with Crippen LogP contribution in [0.25, 0.3) is 11.1 Å². The van der Waals surface area contributed by atoms with Crippen LogP contribution >= 0.6 is 15.9 Å². The highest BCUT2D eigenvalue weighted by atomic mass is 79.9. The van der Waals surface area contributed by atoms with Gasteiger partial charge >= 0.3 is 0 Å². The molecule has 0 aliphatic rings. The summed E-state index contributed by atoms with van der Waals surface area (Å²) < 4.78 is 20.6. The topological polar surface area (TPSA) is 73.3 Å². The van der Waals surface area contributed by atoms with Crippen LogP contribution in [0.1, 0.15) is 0 Å². The smallest absolute Gasteiger partial charge is 0.168 e. The highest BCUT2D eigenvalue weighted by molar-refractivity contribution is 9.10. The fourth-order valence-electron chi connectivity index (χ4n) is 1.63. The lowest BCUT2D eigenvalue weighted by Gasteiger charge is -2.11. The molecule has 1 aromatic carbocycles. The number of ether oxygens (including phenoxy) is 1. The minimum Gasteiger partial charge on any atom is -0.504 e. The molecular weight excluding hydrogens is 305 g/mol. The summed E-state index contributed by atoms with van der Waals surface area (Å²) in [6.07, 6.45) is 1.39. The monoisotopic (exact) mass is 315 g/mol. The fourth-order valence-corrected chi connectivity index (χ4v) is 2.04. The van der Waals surface area contributed by atoms with Crippen molar-refractivity contribution in [3.05, 3.63) is 22.6 Å². The van der Waals surface area contributed by atoms with Crippen LogP contribution in [0, 0.1) is 5.82 Å².